The van der Waals surface area contributed by atoms with Crippen LogP contribution in [0.15, 0.2) is 46.7 Å². The van der Waals surface area contributed by atoms with E-state index in [-0.39, 0.29) is 21.6 Å². The molecule has 0 aliphatic heterocycles. The summed E-state index contributed by atoms with van der Waals surface area (Å²) in [5, 5.41) is -0.117. The van der Waals surface area contributed by atoms with E-state index in [9.17, 15) is 26.4 Å². The lowest BCUT2D eigenvalue weighted by Crippen LogP contribution is -2.04. The summed E-state index contributed by atoms with van der Waals surface area (Å²) in [6.45, 7) is 3.45. The van der Waals surface area contributed by atoms with Crippen LogP contribution in [0, 0.1) is 0 Å². The largest absolute Gasteiger partial charge is 0.294 e. The number of pyridine rings is 2. The third-order valence-corrected chi connectivity index (χ3v) is 5.48. The molecule has 0 bridgehead atoms. The van der Waals surface area contributed by atoms with Crippen molar-refractivity contribution in [3.8, 4) is 0 Å². The number of Topliss-reactive ketones (excluding diaryl/α,β-unsaturated/α-hetero) is 2. The molecule has 2 aromatic heterocycles. The predicted molar refractivity (Wildman–Crippen MR) is 104 cm³/mol. The third kappa shape index (κ3) is 6.93. The molecule has 2 aromatic rings. The molecule has 0 aliphatic carbocycles. The Morgan fingerprint density at radius 3 is 1.32 bits per heavy atom. The van der Waals surface area contributed by atoms with Crippen LogP contribution < -0.4 is 0 Å². The van der Waals surface area contributed by atoms with Gasteiger partial charge in [-0.2, -0.15) is 0 Å². The summed E-state index contributed by atoms with van der Waals surface area (Å²) in [6, 6.07) is 5.64. The number of carbonyl (C=O) groups is 2. The summed E-state index contributed by atoms with van der Waals surface area (Å²) < 4.78 is 44.5. The van der Waals surface area contributed by atoms with Crippen LogP contribution in [-0.2, 0) is 19.7 Å². The Morgan fingerprint density at radius 2 is 1.07 bits per heavy atom. The maximum Gasteiger partial charge on any atom is 0.192 e. The first kappa shape index (κ1) is 23.6. The van der Waals surface area contributed by atoms with E-state index < -0.39 is 19.7 Å². The van der Waals surface area contributed by atoms with Gasteiger partial charge in [0, 0.05) is 48.9 Å². The molecule has 0 amide bonds. The van der Waals surface area contributed by atoms with Crippen molar-refractivity contribution in [2.45, 2.75) is 36.7 Å². The number of hydrogen-bond donors (Lipinski definition) is 0. The molecule has 2 heterocycles. The van der Waals surface area contributed by atoms with Gasteiger partial charge < -0.3 is 0 Å². The smallest absolute Gasteiger partial charge is 0.192 e. The van der Waals surface area contributed by atoms with Gasteiger partial charge in [-0.1, -0.05) is 13.8 Å². The second-order valence-corrected chi connectivity index (χ2v) is 9.79. The SMILES string of the molecule is CCC(=O)c1ccnc(S(C)(=O)=O)c1.CCC(=O)c1ccnc(S(C)(=O)=O)c1. The Labute approximate surface area is 164 Å². The van der Waals surface area contributed by atoms with Gasteiger partial charge in [-0.25, -0.2) is 26.8 Å². The molecule has 0 spiro atoms. The van der Waals surface area contributed by atoms with E-state index in [0.29, 0.717) is 24.0 Å². The maximum absolute atomic E-state index is 11.3. The maximum atomic E-state index is 11.3. The van der Waals surface area contributed by atoms with Crippen molar-refractivity contribution in [1.29, 1.82) is 0 Å². The molecule has 0 radical (unpaired) electrons. The van der Waals surface area contributed by atoms with Crippen LogP contribution in [0.3, 0.4) is 0 Å². The summed E-state index contributed by atoms with van der Waals surface area (Å²) in [6.07, 6.45) is 5.50. The molecule has 8 nitrogen and oxygen atoms in total. The fraction of sp³-hybridized carbons (Fsp3) is 0.333. The minimum atomic E-state index is -3.33. The molecule has 152 valence electrons. The van der Waals surface area contributed by atoms with Crippen molar-refractivity contribution >= 4 is 31.2 Å². The highest BCUT2D eigenvalue weighted by Crippen LogP contribution is 2.10. The second kappa shape index (κ2) is 9.65. The highest BCUT2D eigenvalue weighted by Gasteiger charge is 2.12. The zero-order chi connectivity index (χ0) is 21.5. The van der Waals surface area contributed by atoms with Gasteiger partial charge in [-0.05, 0) is 24.3 Å². The number of aromatic nitrogens is 2. The molecule has 0 atom stereocenters. The topological polar surface area (TPSA) is 128 Å². The number of rotatable bonds is 6. The summed E-state index contributed by atoms with van der Waals surface area (Å²) in [7, 11) is -6.66. The van der Waals surface area contributed by atoms with Gasteiger partial charge in [0.2, 0.25) is 0 Å². The summed E-state index contributed by atoms with van der Waals surface area (Å²) >= 11 is 0. The number of ketones is 2. The number of hydrogen-bond acceptors (Lipinski definition) is 8. The predicted octanol–water partition coefficient (Wildman–Crippen LogP) is 2.16. The lowest BCUT2D eigenvalue weighted by atomic mass is 10.1. The highest BCUT2D eigenvalue weighted by atomic mass is 32.2. The normalized spacial score (nSPS) is 11.3. The van der Waals surface area contributed by atoms with Crippen molar-refractivity contribution in [2.75, 3.05) is 12.5 Å². The first-order chi connectivity index (χ1) is 12.9. The van der Waals surface area contributed by atoms with Gasteiger partial charge >= 0.3 is 0 Å². The average molecular weight is 427 g/mol. The molecule has 10 heteroatoms. The zero-order valence-corrected chi connectivity index (χ0v) is 17.7. The van der Waals surface area contributed by atoms with Crippen LogP contribution in [0.25, 0.3) is 0 Å². The van der Waals surface area contributed by atoms with E-state index in [1.165, 1.54) is 36.7 Å². The molecule has 0 aromatic carbocycles. The van der Waals surface area contributed by atoms with Crippen LogP contribution in [0.5, 0.6) is 0 Å². The fourth-order valence-corrected chi connectivity index (χ4v) is 3.17. The van der Waals surface area contributed by atoms with E-state index >= 15 is 0 Å². The van der Waals surface area contributed by atoms with Gasteiger partial charge in [-0.3, -0.25) is 9.59 Å². The standard InChI is InChI=1S/2C9H11NO3S/c2*1-3-8(11)7-4-5-10-9(6-7)14(2,12)13/h2*4-6H,3H2,1-2H3. The average Bonchev–Trinajstić information content (AvgIpc) is 2.66. The van der Waals surface area contributed by atoms with Gasteiger partial charge in [0.15, 0.2) is 41.3 Å². The Kier molecular flexibility index (Phi) is 8.13. The lowest BCUT2D eigenvalue weighted by molar-refractivity contribution is 0.0980. The molecule has 0 aliphatic rings. The van der Waals surface area contributed by atoms with Crippen LogP contribution in [0.4, 0.5) is 0 Å². The van der Waals surface area contributed by atoms with Gasteiger partial charge in [0.05, 0.1) is 0 Å². The quantitative estimate of drug-likeness (QED) is 0.643. The van der Waals surface area contributed by atoms with Crippen LogP contribution in [0.1, 0.15) is 47.4 Å². The molecule has 0 saturated carbocycles. The number of nitrogens with zero attached hydrogens (tertiary/aromatic N) is 2. The third-order valence-electron chi connectivity index (χ3n) is 3.52. The molecular weight excluding hydrogens is 404 g/mol. The first-order valence-electron chi connectivity index (χ1n) is 8.28. The van der Waals surface area contributed by atoms with Gasteiger partial charge in [-0.15, -0.1) is 0 Å². The Morgan fingerprint density at radius 1 is 0.750 bits per heavy atom. The summed E-state index contributed by atoms with van der Waals surface area (Å²) in [4.78, 5) is 29.9. The second-order valence-electron chi connectivity index (χ2n) is 5.86. The van der Waals surface area contributed by atoms with E-state index in [4.69, 9.17) is 0 Å². The van der Waals surface area contributed by atoms with Crippen molar-refractivity contribution in [3.63, 3.8) is 0 Å². The monoisotopic (exact) mass is 426 g/mol. The Bertz CT molecular complexity index is 989. The van der Waals surface area contributed by atoms with E-state index in [2.05, 4.69) is 9.97 Å². The van der Waals surface area contributed by atoms with Crippen LogP contribution >= 0.6 is 0 Å². The molecule has 0 N–H and O–H groups in total. The molecular formula is C18H22N2O6S2. The van der Waals surface area contributed by atoms with Crippen molar-refractivity contribution in [1.82, 2.24) is 9.97 Å². The summed E-state index contributed by atoms with van der Waals surface area (Å²) in [5.41, 5.74) is 0.783. The van der Waals surface area contributed by atoms with E-state index in [1.54, 1.807) is 13.8 Å². The zero-order valence-electron chi connectivity index (χ0n) is 16.0. The first-order valence-corrected chi connectivity index (χ1v) is 12.1. The highest BCUT2D eigenvalue weighted by molar-refractivity contribution is 7.90. The molecule has 28 heavy (non-hydrogen) atoms. The van der Waals surface area contributed by atoms with Crippen molar-refractivity contribution < 1.29 is 26.4 Å². The van der Waals surface area contributed by atoms with Crippen molar-refractivity contribution in [2.24, 2.45) is 0 Å². The van der Waals surface area contributed by atoms with Crippen LogP contribution in [0.2, 0.25) is 0 Å². The van der Waals surface area contributed by atoms with Crippen LogP contribution in [-0.4, -0.2) is 50.9 Å². The van der Waals surface area contributed by atoms with Gasteiger partial charge in [0.25, 0.3) is 0 Å². The van der Waals surface area contributed by atoms with E-state index in [1.807, 2.05) is 0 Å². The fourth-order valence-electron chi connectivity index (χ4n) is 1.98. The minimum absolute atomic E-state index is 0.0585. The molecule has 2 rings (SSSR count). The molecule has 0 saturated heterocycles. The Hall–Kier alpha value is -2.46. The number of carbonyl (C=O) groups excluding carboxylic acids is 2. The lowest BCUT2D eigenvalue weighted by Gasteiger charge is -2.00. The molecule has 0 unspecified atom stereocenters. The van der Waals surface area contributed by atoms with Crippen molar-refractivity contribution in [3.05, 3.63) is 47.8 Å². The molecule has 0 fully saturated rings. The summed E-state index contributed by atoms with van der Waals surface area (Å²) in [5.74, 6) is -0.172. The number of sulfone groups is 2. The van der Waals surface area contributed by atoms with E-state index in [0.717, 1.165) is 12.5 Å². The minimum Gasteiger partial charge on any atom is -0.294 e. The van der Waals surface area contributed by atoms with Gasteiger partial charge in [0.1, 0.15) is 0 Å². The Balaban J connectivity index is 0.000000280.